The van der Waals surface area contributed by atoms with Crippen molar-refractivity contribution in [2.45, 2.75) is 70.3 Å². The van der Waals surface area contributed by atoms with Gasteiger partial charge in [-0.15, -0.1) is 0 Å². The van der Waals surface area contributed by atoms with E-state index in [-0.39, 0.29) is 17.4 Å². The van der Waals surface area contributed by atoms with Crippen LogP contribution in [0.2, 0.25) is 0 Å². The summed E-state index contributed by atoms with van der Waals surface area (Å²) in [6.45, 7) is 7.84. The summed E-state index contributed by atoms with van der Waals surface area (Å²) in [5.41, 5.74) is 3.49. The zero-order valence-electron chi connectivity index (χ0n) is 19.3. The highest BCUT2D eigenvalue weighted by molar-refractivity contribution is 6.21. The third-order valence-electron chi connectivity index (χ3n) is 8.70. The van der Waals surface area contributed by atoms with E-state index in [4.69, 9.17) is 0 Å². The van der Waals surface area contributed by atoms with E-state index in [0.717, 1.165) is 67.7 Å². The summed E-state index contributed by atoms with van der Waals surface area (Å²) >= 11 is 0. The Balaban J connectivity index is 1.30. The number of benzene rings is 1. The summed E-state index contributed by atoms with van der Waals surface area (Å²) in [7, 11) is 0. The molecule has 3 aliphatic carbocycles. The molecule has 2 bridgehead atoms. The third kappa shape index (κ3) is 3.91. The van der Waals surface area contributed by atoms with Gasteiger partial charge in [0.05, 0.1) is 0 Å². The van der Waals surface area contributed by atoms with E-state index >= 15 is 0 Å². The van der Waals surface area contributed by atoms with Crippen molar-refractivity contribution >= 4 is 11.5 Å². The Hall–Kier alpha value is -1.87. The third-order valence-corrected chi connectivity index (χ3v) is 8.70. The van der Waals surface area contributed by atoms with Crippen LogP contribution in [0.5, 0.6) is 0 Å². The monoisotopic (exact) mass is 418 g/mol. The fourth-order valence-electron chi connectivity index (χ4n) is 6.65. The number of carbonyl (C=O) groups is 1. The molecule has 1 amide bonds. The number of allylic oxidation sites excluding steroid dienone is 3. The minimum atomic E-state index is 0.0403. The van der Waals surface area contributed by atoms with Crippen LogP contribution in [-0.4, -0.2) is 36.5 Å². The molecule has 3 heteroatoms. The molecule has 31 heavy (non-hydrogen) atoms. The lowest BCUT2D eigenvalue weighted by Gasteiger charge is -2.41. The van der Waals surface area contributed by atoms with Crippen LogP contribution < -0.4 is 5.32 Å². The van der Waals surface area contributed by atoms with Crippen molar-refractivity contribution in [3.8, 4) is 0 Å². The number of rotatable bonds is 6. The summed E-state index contributed by atoms with van der Waals surface area (Å²) in [4.78, 5) is 15.9. The van der Waals surface area contributed by atoms with Gasteiger partial charge in [0.15, 0.2) is 0 Å². The molecule has 1 saturated carbocycles. The number of hydrogen-bond donors (Lipinski definition) is 1. The molecule has 2 fully saturated rings. The molecule has 1 aromatic carbocycles. The maximum absolute atomic E-state index is 13.2. The van der Waals surface area contributed by atoms with Gasteiger partial charge in [-0.05, 0) is 86.9 Å². The quantitative estimate of drug-likeness (QED) is 0.634. The SMILES string of the molecule is CCC(CC)NC(=O)C1=CC2(CCN(CC3CCC4C=CC3C4)CC2)c2ccccc21. The first kappa shape index (κ1) is 21.0. The van der Waals surface area contributed by atoms with Crippen LogP contribution >= 0.6 is 0 Å². The molecule has 0 aromatic heterocycles. The predicted molar refractivity (Wildman–Crippen MR) is 128 cm³/mol. The van der Waals surface area contributed by atoms with Gasteiger partial charge in [-0.1, -0.05) is 56.3 Å². The number of amides is 1. The van der Waals surface area contributed by atoms with Crippen LogP contribution in [0, 0.1) is 17.8 Å². The van der Waals surface area contributed by atoms with E-state index in [9.17, 15) is 4.79 Å². The lowest BCUT2D eigenvalue weighted by atomic mass is 9.74. The van der Waals surface area contributed by atoms with E-state index in [1.165, 1.54) is 31.4 Å². The highest BCUT2D eigenvalue weighted by Crippen LogP contribution is 2.48. The molecule has 166 valence electrons. The molecule has 5 rings (SSSR count). The second-order valence-corrected chi connectivity index (χ2v) is 10.4. The predicted octanol–water partition coefficient (Wildman–Crippen LogP) is 5.32. The summed E-state index contributed by atoms with van der Waals surface area (Å²) in [6, 6.07) is 8.91. The van der Waals surface area contributed by atoms with E-state index in [1.54, 1.807) is 0 Å². The van der Waals surface area contributed by atoms with Crippen molar-refractivity contribution in [3.05, 3.63) is 53.6 Å². The zero-order chi connectivity index (χ0) is 21.4. The van der Waals surface area contributed by atoms with Crippen molar-refractivity contribution in [3.63, 3.8) is 0 Å². The van der Waals surface area contributed by atoms with Gasteiger partial charge >= 0.3 is 0 Å². The average Bonchev–Trinajstić information content (AvgIpc) is 3.35. The van der Waals surface area contributed by atoms with Gasteiger partial charge in [-0.2, -0.15) is 0 Å². The first-order chi connectivity index (χ1) is 15.1. The smallest absolute Gasteiger partial charge is 0.251 e. The van der Waals surface area contributed by atoms with Gasteiger partial charge < -0.3 is 10.2 Å². The zero-order valence-corrected chi connectivity index (χ0v) is 19.3. The molecule has 0 radical (unpaired) electrons. The highest BCUT2D eigenvalue weighted by Gasteiger charge is 2.43. The lowest BCUT2D eigenvalue weighted by Crippen LogP contribution is -2.44. The highest BCUT2D eigenvalue weighted by atomic mass is 16.1. The molecule has 1 aliphatic heterocycles. The number of fused-ring (bicyclic) bond motifs is 4. The maximum Gasteiger partial charge on any atom is 0.251 e. The van der Waals surface area contributed by atoms with Crippen LogP contribution in [0.3, 0.4) is 0 Å². The van der Waals surface area contributed by atoms with Crippen molar-refractivity contribution < 1.29 is 4.79 Å². The van der Waals surface area contributed by atoms with E-state index in [1.807, 2.05) is 0 Å². The summed E-state index contributed by atoms with van der Waals surface area (Å²) in [6.07, 6.45) is 15.7. The molecule has 1 saturated heterocycles. The van der Waals surface area contributed by atoms with Crippen molar-refractivity contribution in [2.75, 3.05) is 19.6 Å². The maximum atomic E-state index is 13.2. The van der Waals surface area contributed by atoms with Crippen LogP contribution in [-0.2, 0) is 10.2 Å². The molecular weight excluding hydrogens is 380 g/mol. The Kier molecular flexibility index (Phi) is 5.81. The first-order valence-corrected chi connectivity index (χ1v) is 12.7. The van der Waals surface area contributed by atoms with Crippen LogP contribution in [0.25, 0.3) is 5.57 Å². The van der Waals surface area contributed by atoms with Gasteiger partial charge in [0.1, 0.15) is 0 Å². The Morgan fingerprint density at radius 1 is 1.13 bits per heavy atom. The molecule has 3 unspecified atom stereocenters. The topological polar surface area (TPSA) is 32.3 Å². The fourth-order valence-corrected chi connectivity index (χ4v) is 6.65. The molecule has 3 atom stereocenters. The lowest BCUT2D eigenvalue weighted by molar-refractivity contribution is -0.116. The summed E-state index contributed by atoms with van der Waals surface area (Å²) < 4.78 is 0. The number of hydrogen-bond acceptors (Lipinski definition) is 2. The van der Waals surface area contributed by atoms with Gasteiger partial charge in [0.2, 0.25) is 0 Å². The second-order valence-electron chi connectivity index (χ2n) is 10.4. The first-order valence-electron chi connectivity index (χ1n) is 12.7. The largest absolute Gasteiger partial charge is 0.349 e. The van der Waals surface area contributed by atoms with E-state index in [0.29, 0.717) is 0 Å². The molecule has 1 aromatic rings. The molecule has 1 spiro atoms. The second kappa shape index (κ2) is 8.58. The van der Waals surface area contributed by atoms with Crippen LogP contribution in [0.4, 0.5) is 0 Å². The van der Waals surface area contributed by atoms with Crippen molar-refractivity contribution in [1.82, 2.24) is 10.2 Å². The van der Waals surface area contributed by atoms with Gasteiger partial charge in [0, 0.05) is 23.6 Å². The summed E-state index contributed by atoms with van der Waals surface area (Å²) in [5, 5.41) is 3.28. The minimum Gasteiger partial charge on any atom is -0.349 e. The molecule has 3 nitrogen and oxygen atoms in total. The molecular formula is C28H38N2O. The molecule has 1 heterocycles. The van der Waals surface area contributed by atoms with Gasteiger partial charge in [-0.3, -0.25) is 4.79 Å². The van der Waals surface area contributed by atoms with Gasteiger partial charge in [-0.25, -0.2) is 0 Å². The average molecular weight is 419 g/mol. The Bertz CT molecular complexity index is 873. The minimum absolute atomic E-state index is 0.0403. The van der Waals surface area contributed by atoms with Crippen LogP contribution in [0.1, 0.15) is 69.9 Å². The number of carbonyl (C=O) groups excluding carboxylic acids is 1. The van der Waals surface area contributed by atoms with E-state index in [2.05, 4.69) is 66.6 Å². The number of piperidine rings is 1. The molecule has 4 aliphatic rings. The Morgan fingerprint density at radius 3 is 2.68 bits per heavy atom. The van der Waals surface area contributed by atoms with Crippen molar-refractivity contribution in [1.29, 1.82) is 0 Å². The normalized spacial score (nSPS) is 28.7. The Morgan fingerprint density at radius 2 is 1.90 bits per heavy atom. The standard InChI is InChI=1S/C28H38N2O/c1-3-23(4-2)29-27(31)25-18-28(26-8-6-5-7-24(25)26)13-15-30(16-14-28)19-22-12-10-20-9-11-21(22)17-20/h5-9,11,18,20-23H,3-4,10,12-17,19H2,1-2H3,(H,29,31). The van der Waals surface area contributed by atoms with Gasteiger partial charge in [0.25, 0.3) is 5.91 Å². The Labute approximate surface area is 188 Å². The number of nitrogens with one attached hydrogen (secondary N) is 1. The molecule has 1 N–H and O–H groups in total. The fraction of sp³-hybridized carbons (Fsp3) is 0.607. The number of likely N-dealkylation sites (tertiary alicyclic amines) is 1. The summed E-state index contributed by atoms with van der Waals surface area (Å²) in [5.74, 6) is 2.65. The van der Waals surface area contributed by atoms with E-state index < -0.39 is 0 Å². The van der Waals surface area contributed by atoms with Crippen LogP contribution in [0.15, 0.2) is 42.5 Å². The van der Waals surface area contributed by atoms with Crippen molar-refractivity contribution in [2.24, 2.45) is 17.8 Å². The number of nitrogens with zero attached hydrogens (tertiary/aromatic N) is 1.